The van der Waals surface area contributed by atoms with Crippen LogP contribution >= 0.6 is 23.2 Å². The summed E-state index contributed by atoms with van der Waals surface area (Å²) in [5.41, 5.74) is 9.39. The topological polar surface area (TPSA) is 43.8 Å². The molecule has 0 unspecified atom stereocenters. The second-order valence-corrected chi connectivity index (χ2v) is 5.87. The van der Waals surface area contributed by atoms with Gasteiger partial charge in [0.2, 0.25) is 0 Å². The van der Waals surface area contributed by atoms with E-state index in [-0.39, 0.29) is 0 Å². The normalized spacial score (nSPS) is 11.2. The molecule has 21 heavy (non-hydrogen) atoms. The highest BCUT2D eigenvalue weighted by Crippen LogP contribution is 2.30. The minimum Gasteiger partial charge on any atom is -0.399 e. The van der Waals surface area contributed by atoms with E-state index in [1.54, 1.807) is 6.07 Å². The number of hydrogen-bond donors (Lipinski definition) is 1. The summed E-state index contributed by atoms with van der Waals surface area (Å²) >= 11 is 12.2. The van der Waals surface area contributed by atoms with Crippen LogP contribution in [0.4, 0.5) is 5.69 Å². The molecular weight excluding hydrogens is 305 g/mol. The number of nitrogens with zero attached hydrogens (tertiary/aromatic N) is 2. The highest BCUT2D eigenvalue weighted by molar-refractivity contribution is 6.31. The molecule has 0 fully saturated rings. The van der Waals surface area contributed by atoms with Crippen LogP contribution in [0.2, 0.25) is 10.0 Å². The summed E-state index contributed by atoms with van der Waals surface area (Å²) in [6.07, 6.45) is 1.00. The number of aromatic nitrogens is 2. The second-order valence-electron chi connectivity index (χ2n) is 4.99. The van der Waals surface area contributed by atoms with Gasteiger partial charge < -0.3 is 10.3 Å². The van der Waals surface area contributed by atoms with E-state index in [9.17, 15) is 0 Å². The molecule has 1 heterocycles. The zero-order chi connectivity index (χ0) is 15.0. The number of anilines is 1. The van der Waals surface area contributed by atoms with Gasteiger partial charge in [0.25, 0.3) is 0 Å². The highest BCUT2D eigenvalue weighted by atomic mass is 35.5. The number of nitrogen functional groups attached to an aromatic ring is 1. The van der Waals surface area contributed by atoms with Crippen LogP contribution in [0.5, 0.6) is 0 Å². The Kier molecular flexibility index (Phi) is 3.79. The van der Waals surface area contributed by atoms with Gasteiger partial charge in [-0.1, -0.05) is 30.1 Å². The Morgan fingerprint density at radius 1 is 1.10 bits per heavy atom. The first-order valence-corrected chi connectivity index (χ1v) is 7.56. The molecule has 3 nitrogen and oxygen atoms in total. The third-order valence-electron chi connectivity index (χ3n) is 3.34. The van der Waals surface area contributed by atoms with Crippen LogP contribution in [-0.2, 0) is 6.54 Å². The molecule has 0 aliphatic heterocycles. The summed E-state index contributed by atoms with van der Waals surface area (Å²) in [6.45, 7) is 2.99. The maximum absolute atomic E-state index is 6.12. The number of rotatable bonds is 3. The van der Waals surface area contributed by atoms with Crippen molar-refractivity contribution in [3.63, 3.8) is 0 Å². The van der Waals surface area contributed by atoms with Crippen molar-refractivity contribution in [3.8, 4) is 11.4 Å². The van der Waals surface area contributed by atoms with Crippen LogP contribution in [0.1, 0.15) is 13.3 Å². The number of aryl methyl sites for hydroxylation is 1. The van der Waals surface area contributed by atoms with Gasteiger partial charge in [-0.3, -0.25) is 0 Å². The molecule has 0 aliphatic carbocycles. The van der Waals surface area contributed by atoms with Crippen LogP contribution < -0.4 is 5.73 Å². The molecule has 3 rings (SSSR count). The van der Waals surface area contributed by atoms with Gasteiger partial charge >= 0.3 is 0 Å². The third kappa shape index (κ3) is 2.71. The smallest absolute Gasteiger partial charge is 0.141 e. The predicted octanol–water partition coefficient (Wildman–Crippen LogP) is 5.00. The third-order valence-corrected chi connectivity index (χ3v) is 3.79. The van der Waals surface area contributed by atoms with Gasteiger partial charge in [-0.05, 0) is 42.8 Å². The summed E-state index contributed by atoms with van der Waals surface area (Å²) < 4.78 is 2.16. The second kappa shape index (κ2) is 5.58. The van der Waals surface area contributed by atoms with Crippen molar-refractivity contribution in [2.24, 2.45) is 0 Å². The molecule has 108 valence electrons. The summed E-state index contributed by atoms with van der Waals surface area (Å²) in [6, 6.07) is 11.2. The summed E-state index contributed by atoms with van der Waals surface area (Å²) in [5.74, 6) is 0.864. The van der Waals surface area contributed by atoms with E-state index in [4.69, 9.17) is 33.9 Å². The first-order valence-electron chi connectivity index (χ1n) is 6.80. The van der Waals surface area contributed by atoms with Gasteiger partial charge in [-0.15, -0.1) is 0 Å². The van der Waals surface area contributed by atoms with Crippen molar-refractivity contribution in [2.45, 2.75) is 19.9 Å². The van der Waals surface area contributed by atoms with Crippen LogP contribution in [0, 0.1) is 0 Å². The number of imidazole rings is 1. The van der Waals surface area contributed by atoms with Crippen molar-refractivity contribution in [1.82, 2.24) is 9.55 Å². The monoisotopic (exact) mass is 319 g/mol. The SMILES string of the molecule is CCCn1c(-c2cc(N)cc(Cl)c2)nc2ccc(Cl)cc21. The Bertz CT molecular complexity index is 788. The lowest BCUT2D eigenvalue weighted by Gasteiger charge is -2.09. The van der Waals surface area contributed by atoms with Crippen molar-refractivity contribution >= 4 is 39.9 Å². The first kappa shape index (κ1) is 14.2. The Labute approximate surface area is 133 Å². The number of nitrogens with two attached hydrogens (primary N) is 1. The summed E-state index contributed by atoms with van der Waals surface area (Å²) in [5, 5.41) is 1.31. The molecule has 0 saturated heterocycles. The average molecular weight is 320 g/mol. The summed E-state index contributed by atoms with van der Waals surface area (Å²) in [4.78, 5) is 4.71. The van der Waals surface area contributed by atoms with Gasteiger partial charge in [0.15, 0.2) is 0 Å². The molecule has 1 aromatic heterocycles. The van der Waals surface area contributed by atoms with Crippen molar-refractivity contribution in [2.75, 3.05) is 5.73 Å². The Hall–Kier alpha value is -1.71. The lowest BCUT2D eigenvalue weighted by atomic mass is 10.2. The van der Waals surface area contributed by atoms with Crippen molar-refractivity contribution in [1.29, 1.82) is 0 Å². The molecule has 0 amide bonds. The number of fused-ring (bicyclic) bond motifs is 1. The molecule has 0 radical (unpaired) electrons. The average Bonchev–Trinajstić information content (AvgIpc) is 2.77. The number of hydrogen-bond acceptors (Lipinski definition) is 2. The fraction of sp³-hybridized carbons (Fsp3) is 0.188. The number of benzene rings is 2. The quantitative estimate of drug-likeness (QED) is 0.690. The van der Waals surface area contributed by atoms with E-state index >= 15 is 0 Å². The minimum absolute atomic E-state index is 0.609. The highest BCUT2D eigenvalue weighted by Gasteiger charge is 2.13. The van der Waals surface area contributed by atoms with Crippen LogP contribution in [0.25, 0.3) is 22.4 Å². The Morgan fingerprint density at radius 3 is 2.62 bits per heavy atom. The molecule has 0 aliphatic rings. The van der Waals surface area contributed by atoms with Gasteiger partial charge in [0, 0.05) is 27.8 Å². The van der Waals surface area contributed by atoms with Crippen molar-refractivity contribution < 1.29 is 0 Å². The van der Waals surface area contributed by atoms with E-state index in [1.165, 1.54) is 0 Å². The molecule has 0 spiro atoms. The van der Waals surface area contributed by atoms with Crippen LogP contribution in [-0.4, -0.2) is 9.55 Å². The van der Waals surface area contributed by atoms with E-state index in [0.29, 0.717) is 15.7 Å². The largest absolute Gasteiger partial charge is 0.399 e. The van der Waals surface area contributed by atoms with E-state index in [1.807, 2.05) is 30.3 Å². The van der Waals surface area contributed by atoms with E-state index in [2.05, 4.69) is 11.5 Å². The van der Waals surface area contributed by atoms with Gasteiger partial charge in [-0.2, -0.15) is 0 Å². The van der Waals surface area contributed by atoms with Crippen molar-refractivity contribution in [3.05, 3.63) is 46.4 Å². The molecule has 0 bridgehead atoms. The molecule has 0 atom stereocenters. The lowest BCUT2D eigenvalue weighted by Crippen LogP contribution is -2.00. The molecule has 3 aromatic rings. The van der Waals surface area contributed by atoms with Crippen LogP contribution in [0.15, 0.2) is 36.4 Å². The molecule has 2 aromatic carbocycles. The van der Waals surface area contributed by atoms with Gasteiger partial charge in [0.1, 0.15) is 5.82 Å². The van der Waals surface area contributed by atoms with Crippen LogP contribution in [0.3, 0.4) is 0 Å². The molecule has 5 heteroatoms. The van der Waals surface area contributed by atoms with E-state index < -0.39 is 0 Å². The Morgan fingerprint density at radius 2 is 1.90 bits per heavy atom. The minimum atomic E-state index is 0.609. The standard InChI is InChI=1S/C16H15Cl2N3/c1-2-5-21-15-9-11(17)3-4-14(15)20-16(21)10-6-12(18)8-13(19)7-10/h3-4,6-9H,2,5,19H2,1H3. The molecule has 2 N–H and O–H groups in total. The molecular formula is C16H15Cl2N3. The maximum Gasteiger partial charge on any atom is 0.141 e. The molecule has 0 saturated carbocycles. The lowest BCUT2D eigenvalue weighted by molar-refractivity contribution is 0.704. The van der Waals surface area contributed by atoms with Gasteiger partial charge in [-0.25, -0.2) is 4.98 Å². The predicted molar refractivity (Wildman–Crippen MR) is 89.9 cm³/mol. The number of halogens is 2. The zero-order valence-corrected chi connectivity index (χ0v) is 13.1. The first-order chi connectivity index (χ1) is 10.1. The fourth-order valence-electron chi connectivity index (χ4n) is 2.51. The Balaban J connectivity index is 2.27. The fourth-order valence-corrected chi connectivity index (χ4v) is 2.92. The summed E-state index contributed by atoms with van der Waals surface area (Å²) in [7, 11) is 0. The zero-order valence-electron chi connectivity index (χ0n) is 11.6. The maximum atomic E-state index is 6.12. The van der Waals surface area contributed by atoms with Gasteiger partial charge in [0.05, 0.1) is 11.0 Å². The van der Waals surface area contributed by atoms with E-state index in [0.717, 1.165) is 35.4 Å².